The van der Waals surface area contributed by atoms with Gasteiger partial charge in [0.1, 0.15) is 6.61 Å². The summed E-state index contributed by atoms with van der Waals surface area (Å²) in [6.07, 6.45) is 22.9. The molecule has 0 radical (unpaired) electrons. The van der Waals surface area contributed by atoms with Crippen LogP contribution in [-0.2, 0) is 16.1 Å². The average molecular weight is 371 g/mol. The molecule has 2 nitrogen and oxygen atoms in total. The summed E-state index contributed by atoms with van der Waals surface area (Å²) in [5.74, 6) is -0.0791. The SMILES string of the molecule is CCCCCC=CCC=CCCCCCCCC(=O)OCc1ccccc1. The standard InChI is InChI=1S/C25H38O2/c1-2-3-4-5-6-7-8-9-10-11-12-13-14-15-19-22-25(26)27-23-24-20-17-16-18-21-24/h6-7,9-10,16-18,20-21H,2-5,8,11-15,19,22-23H2,1H3. The summed E-state index contributed by atoms with van der Waals surface area (Å²) in [7, 11) is 0. The van der Waals surface area contributed by atoms with E-state index in [-0.39, 0.29) is 5.97 Å². The van der Waals surface area contributed by atoms with Crippen LogP contribution in [0.1, 0.15) is 89.5 Å². The summed E-state index contributed by atoms with van der Waals surface area (Å²) < 4.78 is 5.29. The van der Waals surface area contributed by atoms with Crippen molar-refractivity contribution >= 4 is 5.97 Å². The van der Waals surface area contributed by atoms with Crippen molar-refractivity contribution in [3.63, 3.8) is 0 Å². The third-order valence-electron chi connectivity index (χ3n) is 4.57. The van der Waals surface area contributed by atoms with Crippen LogP contribution in [0.5, 0.6) is 0 Å². The van der Waals surface area contributed by atoms with E-state index >= 15 is 0 Å². The molecule has 0 heterocycles. The van der Waals surface area contributed by atoms with Crippen LogP contribution < -0.4 is 0 Å². The highest BCUT2D eigenvalue weighted by Crippen LogP contribution is 2.09. The minimum atomic E-state index is -0.0791. The highest BCUT2D eigenvalue weighted by molar-refractivity contribution is 5.69. The number of carbonyl (C=O) groups excluding carboxylic acids is 1. The number of hydrogen-bond donors (Lipinski definition) is 0. The Labute approximate surface area is 166 Å². The molecule has 0 bridgehead atoms. The molecule has 1 aromatic rings. The van der Waals surface area contributed by atoms with Gasteiger partial charge in [-0.05, 0) is 44.1 Å². The number of hydrogen-bond acceptors (Lipinski definition) is 2. The van der Waals surface area contributed by atoms with Crippen molar-refractivity contribution in [3.05, 3.63) is 60.2 Å². The predicted molar refractivity (Wildman–Crippen MR) is 116 cm³/mol. The summed E-state index contributed by atoms with van der Waals surface area (Å²) in [6, 6.07) is 9.85. The quantitative estimate of drug-likeness (QED) is 0.171. The highest BCUT2D eigenvalue weighted by atomic mass is 16.5. The molecule has 0 aliphatic carbocycles. The zero-order valence-electron chi connectivity index (χ0n) is 17.2. The number of unbranched alkanes of at least 4 members (excludes halogenated alkanes) is 8. The molecule has 0 saturated heterocycles. The number of ether oxygens (including phenoxy) is 1. The summed E-state index contributed by atoms with van der Waals surface area (Å²) in [6.45, 7) is 2.63. The normalized spacial score (nSPS) is 11.4. The first-order valence-corrected chi connectivity index (χ1v) is 10.8. The van der Waals surface area contributed by atoms with Gasteiger partial charge in [-0.15, -0.1) is 0 Å². The molecule has 0 spiro atoms. The highest BCUT2D eigenvalue weighted by Gasteiger charge is 2.02. The molecular weight excluding hydrogens is 332 g/mol. The van der Waals surface area contributed by atoms with Crippen molar-refractivity contribution in [1.82, 2.24) is 0 Å². The van der Waals surface area contributed by atoms with Crippen molar-refractivity contribution in [2.45, 2.75) is 90.6 Å². The van der Waals surface area contributed by atoms with Gasteiger partial charge in [-0.1, -0.05) is 93.7 Å². The lowest BCUT2D eigenvalue weighted by molar-refractivity contribution is -0.145. The maximum atomic E-state index is 11.7. The van der Waals surface area contributed by atoms with Gasteiger partial charge in [-0.25, -0.2) is 0 Å². The Morgan fingerprint density at radius 1 is 0.815 bits per heavy atom. The molecule has 0 amide bonds. The summed E-state index contributed by atoms with van der Waals surface area (Å²) >= 11 is 0. The first kappa shape index (κ1) is 23.2. The summed E-state index contributed by atoms with van der Waals surface area (Å²) in [4.78, 5) is 11.7. The first-order valence-electron chi connectivity index (χ1n) is 10.8. The van der Waals surface area contributed by atoms with Crippen molar-refractivity contribution in [3.8, 4) is 0 Å². The van der Waals surface area contributed by atoms with Crippen molar-refractivity contribution in [2.24, 2.45) is 0 Å². The van der Waals surface area contributed by atoms with Crippen LogP contribution in [0.2, 0.25) is 0 Å². The Bertz CT molecular complexity index is 516. The van der Waals surface area contributed by atoms with Crippen molar-refractivity contribution in [1.29, 1.82) is 0 Å². The Balaban J connectivity index is 1.85. The van der Waals surface area contributed by atoms with Crippen LogP contribution in [0.15, 0.2) is 54.6 Å². The second-order valence-electron chi connectivity index (χ2n) is 7.13. The predicted octanol–water partition coefficient (Wildman–Crippen LogP) is 7.54. The topological polar surface area (TPSA) is 26.3 Å². The van der Waals surface area contributed by atoms with Crippen LogP contribution in [-0.4, -0.2) is 5.97 Å². The maximum Gasteiger partial charge on any atom is 0.306 e. The van der Waals surface area contributed by atoms with Gasteiger partial charge in [-0.2, -0.15) is 0 Å². The smallest absolute Gasteiger partial charge is 0.306 e. The zero-order chi connectivity index (χ0) is 19.4. The average Bonchev–Trinajstić information content (AvgIpc) is 2.70. The monoisotopic (exact) mass is 370 g/mol. The number of benzene rings is 1. The van der Waals surface area contributed by atoms with E-state index in [1.165, 1.54) is 51.4 Å². The molecule has 1 rings (SSSR count). The van der Waals surface area contributed by atoms with Gasteiger partial charge in [0.2, 0.25) is 0 Å². The first-order chi connectivity index (χ1) is 13.3. The molecule has 0 aliphatic rings. The van der Waals surface area contributed by atoms with Gasteiger partial charge >= 0.3 is 5.97 Å². The van der Waals surface area contributed by atoms with Crippen molar-refractivity contribution in [2.75, 3.05) is 0 Å². The lowest BCUT2D eigenvalue weighted by Gasteiger charge is -2.05. The van der Waals surface area contributed by atoms with Gasteiger partial charge in [0.15, 0.2) is 0 Å². The second kappa shape index (κ2) is 17.6. The Hall–Kier alpha value is -1.83. The van der Waals surface area contributed by atoms with Gasteiger partial charge in [0, 0.05) is 6.42 Å². The fraction of sp³-hybridized carbons (Fsp3) is 0.560. The van der Waals surface area contributed by atoms with E-state index in [1.807, 2.05) is 30.3 Å². The molecule has 27 heavy (non-hydrogen) atoms. The largest absolute Gasteiger partial charge is 0.461 e. The van der Waals surface area contributed by atoms with Gasteiger partial charge < -0.3 is 4.74 Å². The zero-order valence-corrected chi connectivity index (χ0v) is 17.2. The number of rotatable bonds is 16. The summed E-state index contributed by atoms with van der Waals surface area (Å²) in [5.41, 5.74) is 1.05. The third-order valence-corrected chi connectivity index (χ3v) is 4.57. The molecule has 0 N–H and O–H groups in total. The molecule has 150 valence electrons. The molecule has 2 heteroatoms. The van der Waals surface area contributed by atoms with E-state index in [2.05, 4.69) is 31.2 Å². The van der Waals surface area contributed by atoms with Gasteiger partial charge in [0.05, 0.1) is 0 Å². The van der Waals surface area contributed by atoms with E-state index in [0.29, 0.717) is 13.0 Å². The molecule has 1 aromatic carbocycles. The number of allylic oxidation sites excluding steroid dienone is 4. The minimum Gasteiger partial charge on any atom is -0.461 e. The van der Waals surface area contributed by atoms with E-state index in [4.69, 9.17) is 4.74 Å². The number of esters is 1. The molecule has 0 aromatic heterocycles. The van der Waals surface area contributed by atoms with Gasteiger partial charge in [0.25, 0.3) is 0 Å². The molecule has 0 saturated carbocycles. The fourth-order valence-electron chi connectivity index (χ4n) is 2.89. The van der Waals surface area contributed by atoms with Crippen LogP contribution >= 0.6 is 0 Å². The third kappa shape index (κ3) is 15.0. The van der Waals surface area contributed by atoms with Crippen molar-refractivity contribution < 1.29 is 9.53 Å². The van der Waals surface area contributed by atoms with E-state index in [1.54, 1.807) is 0 Å². The lowest BCUT2D eigenvalue weighted by atomic mass is 10.1. The number of carbonyl (C=O) groups is 1. The minimum absolute atomic E-state index is 0.0791. The van der Waals surface area contributed by atoms with Crippen LogP contribution in [0.25, 0.3) is 0 Å². The van der Waals surface area contributed by atoms with E-state index in [0.717, 1.165) is 24.8 Å². The molecule has 0 unspecified atom stereocenters. The maximum absolute atomic E-state index is 11.7. The van der Waals surface area contributed by atoms with Crippen LogP contribution in [0.4, 0.5) is 0 Å². The molecule has 0 fully saturated rings. The Morgan fingerprint density at radius 2 is 1.44 bits per heavy atom. The van der Waals surface area contributed by atoms with Crippen LogP contribution in [0, 0.1) is 0 Å². The lowest BCUT2D eigenvalue weighted by Crippen LogP contribution is -2.04. The fourth-order valence-corrected chi connectivity index (χ4v) is 2.89. The van der Waals surface area contributed by atoms with E-state index < -0.39 is 0 Å². The van der Waals surface area contributed by atoms with Crippen LogP contribution in [0.3, 0.4) is 0 Å². The van der Waals surface area contributed by atoms with Gasteiger partial charge in [-0.3, -0.25) is 4.79 Å². The van der Waals surface area contributed by atoms with E-state index in [9.17, 15) is 4.79 Å². The molecule has 0 aliphatic heterocycles. The second-order valence-corrected chi connectivity index (χ2v) is 7.13. The Morgan fingerprint density at radius 3 is 2.15 bits per heavy atom. The molecular formula is C25H38O2. The Kier molecular flexibility index (Phi) is 15.1. The molecule has 0 atom stereocenters. The summed E-state index contributed by atoms with van der Waals surface area (Å²) in [5, 5.41) is 0.